The Balaban J connectivity index is 1.42. The van der Waals surface area contributed by atoms with Crippen molar-refractivity contribution in [3.05, 3.63) is 59.1 Å². The highest BCUT2D eigenvalue weighted by Crippen LogP contribution is 2.21. The van der Waals surface area contributed by atoms with Gasteiger partial charge in [-0.15, -0.1) is 5.10 Å². The van der Waals surface area contributed by atoms with Gasteiger partial charge in [-0.3, -0.25) is 9.69 Å². The molecule has 0 saturated carbocycles. The minimum atomic E-state index is 0.0508. The van der Waals surface area contributed by atoms with Gasteiger partial charge in [0.15, 0.2) is 0 Å². The topological polar surface area (TPSA) is 49.3 Å². The fourth-order valence-electron chi connectivity index (χ4n) is 3.20. The van der Waals surface area contributed by atoms with Crippen molar-refractivity contribution in [3.8, 4) is 0 Å². The first-order valence-corrected chi connectivity index (χ1v) is 8.84. The Labute approximate surface area is 144 Å². The predicted molar refractivity (Wildman–Crippen MR) is 95.0 cm³/mol. The monoisotopic (exact) mass is 338 g/mol. The van der Waals surface area contributed by atoms with Gasteiger partial charge in [-0.2, -0.15) is 0 Å². The van der Waals surface area contributed by atoms with E-state index in [2.05, 4.69) is 57.0 Å². The number of hydrogen-bond acceptors (Lipinski definition) is 5. The number of aromatic nitrogens is 2. The minimum absolute atomic E-state index is 0.0508. The molecule has 1 amide bonds. The van der Waals surface area contributed by atoms with Gasteiger partial charge in [-0.25, -0.2) is 0 Å². The van der Waals surface area contributed by atoms with E-state index in [0.717, 1.165) is 44.3 Å². The van der Waals surface area contributed by atoms with E-state index in [4.69, 9.17) is 0 Å². The SMILES string of the molecule is O=C(c1cnns1)N1CCN(Cc2cccc3ccccc23)CC1. The Bertz CT molecular complexity index is 836. The van der Waals surface area contributed by atoms with Gasteiger partial charge >= 0.3 is 0 Å². The van der Waals surface area contributed by atoms with E-state index >= 15 is 0 Å². The summed E-state index contributed by atoms with van der Waals surface area (Å²) >= 11 is 1.16. The third-order valence-corrected chi connectivity index (χ3v) is 5.16. The van der Waals surface area contributed by atoms with Crippen LogP contribution in [0, 0.1) is 0 Å². The molecule has 1 saturated heterocycles. The van der Waals surface area contributed by atoms with Crippen molar-refractivity contribution in [1.29, 1.82) is 0 Å². The van der Waals surface area contributed by atoms with Gasteiger partial charge in [-0.05, 0) is 27.9 Å². The van der Waals surface area contributed by atoms with Crippen LogP contribution in [0.3, 0.4) is 0 Å². The van der Waals surface area contributed by atoms with Gasteiger partial charge < -0.3 is 4.90 Å². The van der Waals surface area contributed by atoms with Crippen LogP contribution in [0.5, 0.6) is 0 Å². The number of rotatable bonds is 3. The molecule has 1 fully saturated rings. The Morgan fingerprint density at radius 2 is 1.83 bits per heavy atom. The van der Waals surface area contributed by atoms with Crippen molar-refractivity contribution >= 4 is 28.2 Å². The first-order chi connectivity index (χ1) is 11.8. The highest BCUT2D eigenvalue weighted by molar-refractivity contribution is 7.07. The number of amides is 1. The number of nitrogens with zero attached hydrogens (tertiary/aromatic N) is 4. The first-order valence-electron chi connectivity index (χ1n) is 8.07. The molecule has 0 N–H and O–H groups in total. The van der Waals surface area contributed by atoms with Crippen LogP contribution < -0.4 is 0 Å². The molecule has 0 atom stereocenters. The molecule has 1 aliphatic rings. The lowest BCUT2D eigenvalue weighted by molar-refractivity contribution is 0.0633. The molecule has 3 aromatic rings. The van der Waals surface area contributed by atoms with Crippen molar-refractivity contribution in [2.24, 2.45) is 0 Å². The lowest BCUT2D eigenvalue weighted by atomic mass is 10.0. The van der Waals surface area contributed by atoms with Gasteiger partial charge in [-0.1, -0.05) is 47.0 Å². The fraction of sp³-hybridized carbons (Fsp3) is 0.278. The molecule has 24 heavy (non-hydrogen) atoms. The molecule has 122 valence electrons. The smallest absolute Gasteiger partial charge is 0.267 e. The van der Waals surface area contributed by atoms with E-state index in [-0.39, 0.29) is 5.91 Å². The van der Waals surface area contributed by atoms with Gasteiger partial charge in [0.1, 0.15) is 4.88 Å². The summed E-state index contributed by atoms with van der Waals surface area (Å²) in [7, 11) is 0. The molecular weight excluding hydrogens is 320 g/mol. The average Bonchev–Trinajstić information content (AvgIpc) is 3.17. The number of fused-ring (bicyclic) bond motifs is 1. The summed E-state index contributed by atoms with van der Waals surface area (Å²) in [6.45, 7) is 4.21. The van der Waals surface area contributed by atoms with Gasteiger partial charge in [0.25, 0.3) is 5.91 Å². The largest absolute Gasteiger partial charge is 0.335 e. The molecule has 4 rings (SSSR count). The molecule has 0 aliphatic carbocycles. The molecule has 0 bridgehead atoms. The van der Waals surface area contributed by atoms with E-state index in [9.17, 15) is 4.79 Å². The van der Waals surface area contributed by atoms with Gasteiger partial charge in [0, 0.05) is 32.7 Å². The summed E-state index contributed by atoms with van der Waals surface area (Å²) in [6, 6.07) is 15.0. The average molecular weight is 338 g/mol. The maximum atomic E-state index is 12.3. The minimum Gasteiger partial charge on any atom is -0.335 e. The molecular formula is C18H18N4OS. The van der Waals surface area contributed by atoms with Crippen molar-refractivity contribution in [2.45, 2.75) is 6.54 Å². The zero-order valence-electron chi connectivity index (χ0n) is 13.3. The Kier molecular flexibility index (Phi) is 4.23. The molecule has 5 nitrogen and oxygen atoms in total. The second-order valence-corrected chi connectivity index (χ2v) is 6.77. The quantitative estimate of drug-likeness (QED) is 0.737. The normalized spacial score (nSPS) is 15.8. The summed E-state index contributed by atoms with van der Waals surface area (Å²) in [5.41, 5.74) is 1.35. The van der Waals surface area contributed by atoms with Crippen LogP contribution in [0.25, 0.3) is 10.8 Å². The maximum Gasteiger partial charge on any atom is 0.267 e. The van der Waals surface area contributed by atoms with Gasteiger partial charge in [0.05, 0.1) is 6.20 Å². The van der Waals surface area contributed by atoms with Crippen molar-refractivity contribution in [2.75, 3.05) is 26.2 Å². The van der Waals surface area contributed by atoms with Crippen LogP contribution >= 0.6 is 11.5 Å². The number of carbonyl (C=O) groups is 1. The second-order valence-electron chi connectivity index (χ2n) is 5.99. The first kappa shape index (κ1) is 15.2. The standard InChI is InChI=1S/C18H18N4OS/c23-18(17-12-19-20-24-17)22-10-8-21(9-11-22)13-15-6-3-5-14-4-1-2-7-16(14)15/h1-7,12H,8-11,13H2. The van der Waals surface area contributed by atoms with Crippen LogP contribution in [0.15, 0.2) is 48.7 Å². The lowest BCUT2D eigenvalue weighted by Crippen LogP contribution is -2.48. The Hall–Kier alpha value is -2.31. The van der Waals surface area contributed by atoms with Crippen LogP contribution in [0.1, 0.15) is 15.2 Å². The van der Waals surface area contributed by atoms with Gasteiger partial charge in [0.2, 0.25) is 0 Å². The molecule has 6 heteroatoms. The van der Waals surface area contributed by atoms with E-state index < -0.39 is 0 Å². The van der Waals surface area contributed by atoms with E-state index in [1.807, 2.05) is 4.90 Å². The van der Waals surface area contributed by atoms with Crippen LogP contribution in [0.2, 0.25) is 0 Å². The third kappa shape index (κ3) is 3.02. The Morgan fingerprint density at radius 3 is 2.62 bits per heavy atom. The zero-order valence-corrected chi connectivity index (χ0v) is 14.1. The van der Waals surface area contributed by atoms with E-state index in [0.29, 0.717) is 4.88 Å². The lowest BCUT2D eigenvalue weighted by Gasteiger charge is -2.34. The summed E-state index contributed by atoms with van der Waals surface area (Å²) in [6.07, 6.45) is 1.55. The van der Waals surface area contributed by atoms with E-state index in [1.54, 1.807) is 6.20 Å². The van der Waals surface area contributed by atoms with Crippen LogP contribution in [-0.2, 0) is 6.54 Å². The number of hydrogen-bond donors (Lipinski definition) is 0. The van der Waals surface area contributed by atoms with Crippen molar-refractivity contribution in [1.82, 2.24) is 19.4 Å². The predicted octanol–water partition coefficient (Wildman–Crippen LogP) is 2.65. The molecule has 1 aromatic heterocycles. The third-order valence-electron chi connectivity index (χ3n) is 4.51. The highest BCUT2D eigenvalue weighted by atomic mass is 32.1. The van der Waals surface area contributed by atoms with Crippen molar-refractivity contribution in [3.63, 3.8) is 0 Å². The van der Waals surface area contributed by atoms with Crippen LogP contribution in [0.4, 0.5) is 0 Å². The Morgan fingerprint density at radius 1 is 1.04 bits per heavy atom. The zero-order chi connectivity index (χ0) is 16.4. The molecule has 0 spiro atoms. The maximum absolute atomic E-state index is 12.3. The number of benzene rings is 2. The molecule has 2 aromatic carbocycles. The van der Waals surface area contributed by atoms with Crippen molar-refractivity contribution < 1.29 is 4.79 Å². The molecule has 0 radical (unpaired) electrons. The highest BCUT2D eigenvalue weighted by Gasteiger charge is 2.23. The van der Waals surface area contributed by atoms with E-state index in [1.165, 1.54) is 16.3 Å². The molecule has 1 aliphatic heterocycles. The fourth-order valence-corrected chi connectivity index (χ4v) is 3.68. The summed E-state index contributed by atoms with van der Waals surface area (Å²) in [4.78, 5) is 17.3. The summed E-state index contributed by atoms with van der Waals surface area (Å²) < 4.78 is 3.77. The summed E-state index contributed by atoms with van der Waals surface area (Å²) in [5, 5.41) is 6.34. The second kappa shape index (κ2) is 6.67. The molecule has 0 unspecified atom stereocenters. The number of carbonyl (C=O) groups excluding carboxylic acids is 1. The summed E-state index contributed by atoms with van der Waals surface area (Å²) in [5.74, 6) is 0.0508. The number of piperazine rings is 1. The molecule has 2 heterocycles. The van der Waals surface area contributed by atoms with Crippen LogP contribution in [-0.4, -0.2) is 51.5 Å².